The maximum absolute atomic E-state index is 12.6. The van der Waals surface area contributed by atoms with E-state index in [1.165, 1.54) is 6.20 Å². The first-order valence-electron chi connectivity index (χ1n) is 9.22. The topological polar surface area (TPSA) is 82.5 Å². The number of carbonyl (C=O) groups is 2. The van der Waals surface area contributed by atoms with Gasteiger partial charge in [-0.25, -0.2) is 0 Å². The molecule has 2 atom stereocenters. The van der Waals surface area contributed by atoms with Crippen LogP contribution >= 0.6 is 0 Å². The van der Waals surface area contributed by atoms with Crippen LogP contribution in [0.1, 0.15) is 27.9 Å². The number of aliphatic hydroxyl groups is 1. The van der Waals surface area contributed by atoms with Crippen molar-refractivity contribution < 1.29 is 14.7 Å². The molecule has 0 radical (unpaired) electrons. The number of carbonyl (C=O) groups excluding carboxylic acids is 2. The predicted octanol–water partition coefficient (Wildman–Crippen LogP) is 1.57. The lowest BCUT2D eigenvalue weighted by molar-refractivity contribution is -0.132. The van der Waals surface area contributed by atoms with Crippen molar-refractivity contribution in [2.75, 3.05) is 19.7 Å². The molecule has 0 aliphatic carbocycles. The number of amides is 2. The monoisotopic (exact) mass is 367 g/mol. The molecule has 3 rings (SSSR count). The molecule has 0 bridgehead atoms. The summed E-state index contributed by atoms with van der Waals surface area (Å²) in [6.45, 7) is 2.95. The van der Waals surface area contributed by atoms with Crippen LogP contribution in [0.5, 0.6) is 0 Å². The number of likely N-dealkylation sites (tertiary alicyclic amines) is 1. The Bertz CT molecular complexity index is 777. The first kappa shape index (κ1) is 19.0. The average Bonchev–Trinajstić information content (AvgIpc) is 2.70. The summed E-state index contributed by atoms with van der Waals surface area (Å²) < 4.78 is 0. The SMILES string of the molecule is Cc1ccc(CC(=O)N2CC[C@@H](NC(=O)c3cccnc3)[C@@H](CO)C2)cc1. The molecule has 1 aromatic heterocycles. The molecule has 2 aromatic rings. The van der Waals surface area contributed by atoms with E-state index in [2.05, 4.69) is 10.3 Å². The van der Waals surface area contributed by atoms with Gasteiger partial charge in [0.1, 0.15) is 0 Å². The number of piperidine rings is 1. The third-order valence-electron chi connectivity index (χ3n) is 5.04. The average molecular weight is 367 g/mol. The van der Waals surface area contributed by atoms with Crippen molar-refractivity contribution in [1.29, 1.82) is 0 Å². The second kappa shape index (κ2) is 8.77. The first-order chi connectivity index (χ1) is 13.1. The third-order valence-corrected chi connectivity index (χ3v) is 5.04. The molecule has 1 aliphatic rings. The van der Waals surface area contributed by atoms with Crippen molar-refractivity contribution in [3.8, 4) is 0 Å². The largest absolute Gasteiger partial charge is 0.396 e. The zero-order valence-electron chi connectivity index (χ0n) is 15.5. The Morgan fingerprint density at radius 2 is 2.04 bits per heavy atom. The van der Waals surface area contributed by atoms with E-state index in [-0.39, 0.29) is 30.4 Å². The smallest absolute Gasteiger partial charge is 0.253 e. The molecular weight excluding hydrogens is 342 g/mol. The van der Waals surface area contributed by atoms with Crippen molar-refractivity contribution in [3.63, 3.8) is 0 Å². The number of benzene rings is 1. The molecule has 27 heavy (non-hydrogen) atoms. The fraction of sp³-hybridized carbons (Fsp3) is 0.381. The van der Waals surface area contributed by atoms with Gasteiger partial charge in [0.05, 0.1) is 12.0 Å². The van der Waals surface area contributed by atoms with Gasteiger partial charge >= 0.3 is 0 Å². The normalized spacial score (nSPS) is 19.6. The summed E-state index contributed by atoms with van der Waals surface area (Å²) in [5, 5.41) is 12.7. The molecule has 2 heterocycles. The number of hydrogen-bond donors (Lipinski definition) is 2. The molecule has 1 aromatic carbocycles. The maximum Gasteiger partial charge on any atom is 0.253 e. The van der Waals surface area contributed by atoms with Crippen molar-refractivity contribution in [2.24, 2.45) is 5.92 Å². The van der Waals surface area contributed by atoms with Gasteiger partial charge in [0.25, 0.3) is 5.91 Å². The lowest BCUT2D eigenvalue weighted by Gasteiger charge is -2.38. The highest BCUT2D eigenvalue weighted by Gasteiger charge is 2.32. The van der Waals surface area contributed by atoms with Crippen LogP contribution in [0.3, 0.4) is 0 Å². The van der Waals surface area contributed by atoms with E-state index in [0.717, 1.165) is 11.1 Å². The molecule has 6 nitrogen and oxygen atoms in total. The molecule has 0 spiro atoms. The van der Waals surface area contributed by atoms with Crippen LogP contribution in [0, 0.1) is 12.8 Å². The Hall–Kier alpha value is -2.73. The fourth-order valence-electron chi connectivity index (χ4n) is 3.37. The van der Waals surface area contributed by atoms with Crippen LogP contribution in [-0.2, 0) is 11.2 Å². The summed E-state index contributed by atoms with van der Waals surface area (Å²) in [6, 6.07) is 11.2. The second-order valence-corrected chi connectivity index (χ2v) is 7.06. The standard InChI is InChI=1S/C21H25N3O3/c1-15-4-6-16(7-5-15)11-20(26)24-10-8-19(18(13-24)14-25)23-21(27)17-3-2-9-22-12-17/h2-7,9,12,18-19,25H,8,10-11,13-14H2,1H3,(H,23,27)/t18-,19-/m1/s1. The van der Waals surface area contributed by atoms with E-state index >= 15 is 0 Å². The van der Waals surface area contributed by atoms with Crippen LogP contribution in [0.4, 0.5) is 0 Å². The molecule has 2 N–H and O–H groups in total. The van der Waals surface area contributed by atoms with Crippen LogP contribution in [0.2, 0.25) is 0 Å². The minimum atomic E-state index is -0.203. The maximum atomic E-state index is 12.6. The van der Waals surface area contributed by atoms with Crippen molar-refractivity contribution >= 4 is 11.8 Å². The van der Waals surface area contributed by atoms with Crippen molar-refractivity contribution in [1.82, 2.24) is 15.2 Å². The summed E-state index contributed by atoms with van der Waals surface area (Å²) >= 11 is 0. The molecule has 0 saturated carbocycles. The zero-order valence-corrected chi connectivity index (χ0v) is 15.5. The molecule has 1 aliphatic heterocycles. The third kappa shape index (κ3) is 4.92. The van der Waals surface area contributed by atoms with E-state index in [1.54, 1.807) is 23.2 Å². The van der Waals surface area contributed by atoms with Crippen LogP contribution in [-0.4, -0.2) is 52.5 Å². The van der Waals surface area contributed by atoms with Crippen LogP contribution in [0.25, 0.3) is 0 Å². The van der Waals surface area contributed by atoms with E-state index in [4.69, 9.17) is 0 Å². The number of aromatic nitrogens is 1. The van der Waals surface area contributed by atoms with E-state index < -0.39 is 0 Å². The number of nitrogens with zero attached hydrogens (tertiary/aromatic N) is 2. The quantitative estimate of drug-likeness (QED) is 0.840. The summed E-state index contributed by atoms with van der Waals surface area (Å²) in [4.78, 5) is 30.7. The van der Waals surface area contributed by atoms with Gasteiger partial charge in [-0.05, 0) is 31.0 Å². The minimum Gasteiger partial charge on any atom is -0.396 e. The Morgan fingerprint density at radius 1 is 1.26 bits per heavy atom. The molecular formula is C21H25N3O3. The van der Waals surface area contributed by atoms with Gasteiger partial charge in [-0.2, -0.15) is 0 Å². The highest BCUT2D eigenvalue weighted by atomic mass is 16.3. The van der Waals surface area contributed by atoms with E-state index in [1.807, 2.05) is 31.2 Å². The van der Waals surface area contributed by atoms with Crippen molar-refractivity contribution in [2.45, 2.75) is 25.8 Å². The van der Waals surface area contributed by atoms with Crippen LogP contribution < -0.4 is 5.32 Å². The lowest BCUT2D eigenvalue weighted by Crippen LogP contribution is -2.53. The minimum absolute atomic E-state index is 0.0503. The lowest BCUT2D eigenvalue weighted by atomic mass is 9.92. The number of aryl methyl sites for hydroxylation is 1. The molecule has 6 heteroatoms. The summed E-state index contributed by atoms with van der Waals surface area (Å²) in [5.74, 6) is -0.332. The highest BCUT2D eigenvalue weighted by molar-refractivity contribution is 5.94. The fourth-order valence-corrected chi connectivity index (χ4v) is 3.37. The Morgan fingerprint density at radius 3 is 2.70 bits per heavy atom. The van der Waals surface area contributed by atoms with Gasteiger partial charge in [-0.1, -0.05) is 29.8 Å². The van der Waals surface area contributed by atoms with Gasteiger partial charge in [0.2, 0.25) is 5.91 Å². The molecule has 0 unspecified atom stereocenters. The summed E-state index contributed by atoms with van der Waals surface area (Å²) in [6.07, 6.45) is 4.11. The Balaban J connectivity index is 1.58. The number of pyridine rings is 1. The molecule has 142 valence electrons. The first-order valence-corrected chi connectivity index (χ1v) is 9.22. The molecule has 1 fully saturated rings. The number of rotatable bonds is 5. The summed E-state index contributed by atoms with van der Waals surface area (Å²) in [5.41, 5.74) is 2.64. The van der Waals surface area contributed by atoms with Gasteiger partial charge in [0.15, 0.2) is 0 Å². The van der Waals surface area contributed by atoms with Crippen LogP contribution in [0.15, 0.2) is 48.8 Å². The van der Waals surface area contributed by atoms with Gasteiger partial charge < -0.3 is 15.3 Å². The zero-order chi connectivity index (χ0) is 19.2. The predicted molar refractivity (Wildman–Crippen MR) is 102 cm³/mol. The number of aliphatic hydroxyl groups excluding tert-OH is 1. The second-order valence-electron chi connectivity index (χ2n) is 7.06. The molecule has 1 saturated heterocycles. The van der Waals surface area contributed by atoms with E-state index in [0.29, 0.717) is 31.5 Å². The van der Waals surface area contributed by atoms with Crippen molar-refractivity contribution in [3.05, 3.63) is 65.5 Å². The van der Waals surface area contributed by atoms with Gasteiger partial charge in [0, 0.05) is 44.0 Å². The summed E-state index contributed by atoms with van der Waals surface area (Å²) in [7, 11) is 0. The van der Waals surface area contributed by atoms with Gasteiger partial charge in [-0.15, -0.1) is 0 Å². The van der Waals surface area contributed by atoms with E-state index in [9.17, 15) is 14.7 Å². The number of nitrogens with one attached hydrogen (secondary N) is 1. The molecule has 2 amide bonds. The Labute approximate surface area is 159 Å². The number of hydrogen-bond acceptors (Lipinski definition) is 4. The van der Waals surface area contributed by atoms with Gasteiger partial charge in [-0.3, -0.25) is 14.6 Å². The highest BCUT2D eigenvalue weighted by Crippen LogP contribution is 2.19. The Kier molecular flexibility index (Phi) is 6.19.